The van der Waals surface area contributed by atoms with Gasteiger partial charge in [0.15, 0.2) is 11.5 Å². The summed E-state index contributed by atoms with van der Waals surface area (Å²) in [6.45, 7) is 2.47. The molecule has 9 nitrogen and oxygen atoms in total. The number of anilines is 1. The van der Waals surface area contributed by atoms with Gasteiger partial charge in [-0.2, -0.15) is 5.21 Å². The molecular formula is C19H20N5O4-. The van der Waals surface area contributed by atoms with Crippen LogP contribution >= 0.6 is 0 Å². The number of nitrogens with one attached hydrogen (secondary N) is 1. The molecule has 3 rings (SSSR count). The van der Waals surface area contributed by atoms with Gasteiger partial charge >= 0.3 is 0 Å². The maximum atomic E-state index is 12.9. The Labute approximate surface area is 161 Å². The van der Waals surface area contributed by atoms with Crippen molar-refractivity contribution in [2.24, 2.45) is 0 Å². The van der Waals surface area contributed by atoms with Crippen molar-refractivity contribution in [2.75, 3.05) is 19.0 Å². The van der Waals surface area contributed by atoms with Crippen molar-refractivity contribution in [3.63, 3.8) is 0 Å². The molecule has 28 heavy (non-hydrogen) atoms. The first-order valence-corrected chi connectivity index (χ1v) is 8.69. The van der Waals surface area contributed by atoms with Crippen molar-refractivity contribution in [3.8, 4) is 17.2 Å². The highest BCUT2D eigenvalue weighted by atomic mass is 16.5. The quantitative estimate of drug-likeness (QED) is 0.606. The van der Waals surface area contributed by atoms with E-state index in [4.69, 9.17) is 9.47 Å². The first kappa shape index (κ1) is 19.2. The molecule has 1 aromatic heterocycles. The fourth-order valence-electron chi connectivity index (χ4n) is 2.71. The van der Waals surface area contributed by atoms with E-state index in [2.05, 4.69) is 25.9 Å². The summed E-state index contributed by atoms with van der Waals surface area (Å²) < 4.78 is 10.5. The van der Waals surface area contributed by atoms with E-state index in [-0.39, 0.29) is 23.9 Å². The van der Waals surface area contributed by atoms with Crippen LogP contribution < -0.4 is 19.9 Å². The summed E-state index contributed by atoms with van der Waals surface area (Å²) in [5.41, 5.74) is 1.39. The molecule has 0 saturated heterocycles. The van der Waals surface area contributed by atoms with Crippen molar-refractivity contribution in [1.29, 1.82) is 0 Å². The molecule has 2 aromatic carbocycles. The van der Waals surface area contributed by atoms with Crippen LogP contribution in [0.5, 0.6) is 17.2 Å². The van der Waals surface area contributed by atoms with Crippen molar-refractivity contribution in [2.45, 2.75) is 19.3 Å². The predicted octanol–water partition coefficient (Wildman–Crippen LogP) is 1.91. The summed E-state index contributed by atoms with van der Waals surface area (Å²) in [5.74, 6) is 0.274. The second-order valence-corrected chi connectivity index (χ2v) is 5.95. The van der Waals surface area contributed by atoms with E-state index in [0.717, 1.165) is 11.3 Å². The number of amides is 1. The van der Waals surface area contributed by atoms with Gasteiger partial charge in [-0.25, -0.2) is 0 Å². The molecule has 0 aliphatic heterocycles. The molecule has 2 N–H and O–H groups in total. The topological polar surface area (TPSA) is 121 Å². The monoisotopic (exact) mass is 382 g/mol. The molecule has 0 spiro atoms. The Balaban J connectivity index is 1.79. The van der Waals surface area contributed by atoms with Crippen LogP contribution in [0.15, 0.2) is 42.5 Å². The third-order valence-electron chi connectivity index (χ3n) is 4.08. The number of methoxy groups -OCH3 is 1. The lowest BCUT2D eigenvalue weighted by atomic mass is 9.97. The van der Waals surface area contributed by atoms with Gasteiger partial charge in [0.25, 0.3) is 0 Å². The van der Waals surface area contributed by atoms with Gasteiger partial charge in [-0.3, -0.25) is 15.1 Å². The number of rotatable bonds is 8. The number of carbonyl (C=O) groups is 1. The smallest absolute Gasteiger partial charge is 0.232 e. The second kappa shape index (κ2) is 8.85. The van der Waals surface area contributed by atoms with Crippen molar-refractivity contribution in [1.82, 2.24) is 20.6 Å². The maximum Gasteiger partial charge on any atom is 0.232 e. The van der Waals surface area contributed by atoms with Crippen LogP contribution in [0.3, 0.4) is 0 Å². The van der Waals surface area contributed by atoms with Gasteiger partial charge in [0.2, 0.25) is 5.91 Å². The lowest BCUT2D eigenvalue weighted by Crippen LogP contribution is -2.24. The Hall–Kier alpha value is -3.62. The molecule has 1 heterocycles. The van der Waals surface area contributed by atoms with Gasteiger partial charge in [0.1, 0.15) is 5.75 Å². The molecule has 0 radical (unpaired) electrons. The number of benzene rings is 2. The SMILES string of the molecule is CCOc1ccc(NC(=O)[C@@H](Cc2ccc(O)c(OC)c2)c2nnn[n-]2)cc1. The number of phenols is 1. The molecular weight excluding hydrogens is 362 g/mol. The zero-order valence-electron chi connectivity index (χ0n) is 15.5. The van der Waals surface area contributed by atoms with Gasteiger partial charge < -0.3 is 25.0 Å². The van der Waals surface area contributed by atoms with E-state index in [9.17, 15) is 9.90 Å². The summed E-state index contributed by atoms with van der Waals surface area (Å²) in [7, 11) is 1.46. The highest BCUT2D eigenvalue weighted by molar-refractivity contribution is 5.95. The minimum atomic E-state index is -0.712. The molecule has 0 aliphatic rings. The van der Waals surface area contributed by atoms with E-state index in [0.29, 0.717) is 18.0 Å². The predicted molar refractivity (Wildman–Crippen MR) is 100 cm³/mol. The average molecular weight is 382 g/mol. The number of hydrogen-bond donors (Lipinski definition) is 2. The van der Waals surface area contributed by atoms with Crippen LogP contribution in [0, 0.1) is 0 Å². The number of tetrazole rings is 1. The number of phenolic OH excluding ortho intramolecular Hbond substituents is 1. The minimum Gasteiger partial charge on any atom is -0.504 e. The number of ether oxygens (including phenoxy) is 2. The molecule has 3 aromatic rings. The van der Waals surface area contributed by atoms with Gasteiger partial charge in [-0.15, -0.1) is 0 Å². The minimum absolute atomic E-state index is 0.0227. The van der Waals surface area contributed by atoms with Gasteiger partial charge in [-0.1, -0.05) is 6.07 Å². The molecule has 9 heteroatoms. The Bertz CT molecular complexity index is 913. The number of carbonyl (C=O) groups excluding carboxylic acids is 1. The molecule has 0 bridgehead atoms. The number of aromatic hydroxyl groups is 1. The Kier molecular flexibility index (Phi) is 6.05. The highest BCUT2D eigenvalue weighted by Crippen LogP contribution is 2.29. The Morgan fingerprint density at radius 2 is 2.04 bits per heavy atom. The van der Waals surface area contributed by atoms with Gasteiger partial charge in [-0.05, 0) is 55.3 Å². The van der Waals surface area contributed by atoms with E-state index >= 15 is 0 Å². The van der Waals surface area contributed by atoms with Gasteiger partial charge in [0, 0.05) is 11.5 Å². The molecule has 0 fully saturated rings. The molecule has 1 amide bonds. The van der Waals surface area contributed by atoms with Gasteiger partial charge in [0.05, 0.1) is 19.6 Å². The van der Waals surface area contributed by atoms with E-state index in [1.165, 1.54) is 13.2 Å². The van der Waals surface area contributed by atoms with Crippen molar-refractivity contribution < 1.29 is 19.4 Å². The van der Waals surface area contributed by atoms with E-state index < -0.39 is 5.92 Å². The Morgan fingerprint density at radius 3 is 2.68 bits per heavy atom. The highest BCUT2D eigenvalue weighted by Gasteiger charge is 2.22. The van der Waals surface area contributed by atoms with E-state index in [1.807, 2.05) is 6.92 Å². The normalized spacial score (nSPS) is 11.6. The molecule has 1 atom stereocenters. The first-order chi connectivity index (χ1) is 13.6. The first-order valence-electron chi connectivity index (χ1n) is 8.69. The zero-order valence-corrected chi connectivity index (χ0v) is 15.5. The Morgan fingerprint density at radius 1 is 1.25 bits per heavy atom. The lowest BCUT2D eigenvalue weighted by Gasteiger charge is -2.18. The van der Waals surface area contributed by atoms with Crippen LogP contribution in [0.4, 0.5) is 5.69 Å². The van der Waals surface area contributed by atoms with Crippen molar-refractivity contribution >= 4 is 11.6 Å². The van der Waals surface area contributed by atoms with Crippen LogP contribution in [0.2, 0.25) is 0 Å². The number of aromatic nitrogens is 4. The third kappa shape index (κ3) is 4.56. The van der Waals surface area contributed by atoms with Crippen molar-refractivity contribution in [3.05, 3.63) is 53.9 Å². The van der Waals surface area contributed by atoms with Crippen LogP contribution in [0.25, 0.3) is 0 Å². The third-order valence-corrected chi connectivity index (χ3v) is 4.08. The summed E-state index contributed by atoms with van der Waals surface area (Å²) in [6.07, 6.45) is 0.285. The second-order valence-electron chi connectivity index (χ2n) is 5.95. The fraction of sp³-hybridized carbons (Fsp3) is 0.263. The molecule has 0 aliphatic carbocycles. The number of nitrogens with zero attached hydrogens (tertiary/aromatic N) is 4. The maximum absolute atomic E-state index is 12.9. The van der Waals surface area contributed by atoms with E-state index in [1.54, 1.807) is 36.4 Å². The van der Waals surface area contributed by atoms with Crippen LogP contribution in [-0.2, 0) is 11.2 Å². The van der Waals surface area contributed by atoms with Crippen LogP contribution in [0.1, 0.15) is 24.2 Å². The summed E-state index contributed by atoms with van der Waals surface area (Å²) in [6, 6.07) is 12.0. The summed E-state index contributed by atoms with van der Waals surface area (Å²) in [5, 5.41) is 27.3. The van der Waals surface area contributed by atoms with Crippen LogP contribution in [-0.4, -0.2) is 40.3 Å². The summed E-state index contributed by atoms with van der Waals surface area (Å²) >= 11 is 0. The molecule has 146 valence electrons. The summed E-state index contributed by atoms with van der Waals surface area (Å²) in [4.78, 5) is 12.9. The molecule has 0 unspecified atom stereocenters. The fourth-order valence-corrected chi connectivity index (χ4v) is 2.71. The lowest BCUT2D eigenvalue weighted by molar-refractivity contribution is -0.117. The number of hydrogen-bond acceptors (Lipinski definition) is 7. The average Bonchev–Trinajstić information content (AvgIpc) is 3.23. The zero-order chi connectivity index (χ0) is 19.9. The molecule has 0 saturated carbocycles. The largest absolute Gasteiger partial charge is 0.504 e. The standard InChI is InChI=1S/C19H21N5O4/c1-3-28-14-7-5-13(6-8-14)20-19(26)15(18-21-23-24-22-18)10-12-4-9-16(25)17(11-12)27-2/h4-9,11,15H,3,10H2,1-2H3,(H3,20,21,22,23,24,25,26)/p-1/t15-/m0/s1.